The molecular weight excluding hydrogens is 386 g/mol. The average Bonchev–Trinajstić information content (AvgIpc) is 3.06. The van der Waals surface area contributed by atoms with Crippen LogP contribution in [0.15, 0.2) is 60.8 Å². The molecule has 3 aromatic rings. The third kappa shape index (κ3) is 4.25. The number of hydrogen-bond donors (Lipinski definition) is 2. The summed E-state index contributed by atoms with van der Waals surface area (Å²) < 4.78 is 6.67. The van der Waals surface area contributed by atoms with E-state index in [-0.39, 0.29) is 16.7 Å². The number of aromatic nitrogens is 1. The number of benzene rings is 2. The Kier molecular flexibility index (Phi) is 5.47. The van der Waals surface area contributed by atoms with Crippen molar-refractivity contribution in [3.05, 3.63) is 77.5 Å². The molecule has 0 spiro atoms. The zero-order valence-electron chi connectivity index (χ0n) is 16.7. The fourth-order valence-corrected chi connectivity index (χ4v) is 3.01. The summed E-state index contributed by atoms with van der Waals surface area (Å²) in [6.07, 6.45) is 1.71. The van der Waals surface area contributed by atoms with E-state index >= 15 is 0 Å². The van der Waals surface area contributed by atoms with E-state index in [1.165, 1.54) is 29.0 Å². The van der Waals surface area contributed by atoms with Gasteiger partial charge in [-0.05, 0) is 32.9 Å². The Morgan fingerprint density at radius 2 is 1.50 bits per heavy atom. The second-order valence-corrected chi connectivity index (χ2v) is 7.65. The molecule has 2 N–H and O–H groups in total. The lowest BCUT2D eigenvalue weighted by Gasteiger charge is -2.19. The van der Waals surface area contributed by atoms with Gasteiger partial charge in [0.25, 0.3) is 0 Å². The lowest BCUT2D eigenvalue weighted by molar-refractivity contribution is 0.0543. The van der Waals surface area contributed by atoms with Crippen molar-refractivity contribution in [1.82, 2.24) is 4.57 Å². The highest BCUT2D eigenvalue weighted by Crippen LogP contribution is 2.27. The van der Waals surface area contributed by atoms with E-state index in [1.807, 2.05) is 0 Å². The first kappa shape index (κ1) is 20.9. The molecule has 0 aliphatic rings. The Morgan fingerprint density at radius 1 is 0.900 bits per heavy atom. The predicted octanol–water partition coefficient (Wildman–Crippen LogP) is 4.90. The van der Waals surface area contributed by atoms with Gasteiger partial charge in [0, 0.05) is 28.8 Å². The van der Waals surface area contributed by atoms with Crippen LogP contribution in [0, 0.1) is 0 Å². The van der Waals surface area contributed by atoms with E-state index in [4.69, 9.17) is 4.74 Å². The Hall–Kier alpha value is -3.87. The molecule has 0 aliphatic heterocycles. The number of carbonyl (C=O) groups is 3. The number of allylic oxidation sites excluding steroid dienone is 1. The van der Waals surface area contributed by atoms with Crippen molar-refractivity contribution < 1.29 is 29.3 Å². The Balaban J connectivity index is 2.06. The Bertz CT molecular complexity index is 1180. The number of carboxylic acids is 1. The summed E-state index contributed by atoms with van der Waals surface area (Å²) in [7, 11) is 0. The van der Waals surface area contributed by atoms with Crippen molar-refractivity contribution in [1.29, 1.82) is 0 Å². The van der Waals surface area contributed by atoms with Crippen molar-refractivity contribution in [2.45, 2.75) is 26.4 Å². The SMILES string of the molecule is CC(C)(C)OC(=O)n1cc(/C(O)=C\C(=O)c2ccccc2C(=O)O)c2ccccc21. The van der Waals surface area contributed by atoms with E-state index in [1.54, 1.807) is 51.1 Å². The lowest BCUT2D eigenvalue weighted by Crippen LogP contribution is -2.26. The van der Waals surface area contributed by atoms with E-state index < -0.39 is 29.2 Å². The van der Waals surface area contributed by atoms with Crippen LogP contribution in [0.5, 0.6) is 0 Å². The van der Waals surface area contributed by atoms with E-state index in [0.29, 0.717) is 10.9 Å². The zero-order chi connectivity index (χ0) is 22.1. The van der Waals surface area contributed by atoms with Crippen LogP contribution < -0.4 is 0 Å². The van der Waals surface area contributed by atoms with Gasteiger partial charge in [0.05, 0.1) is 11.1 Å². The number of para-hydroxylation sites is 1. The Morgan fingerprint density at radius 3 is 2.13 bits per heavy atom. The number of rotatable bonds is 4. The van der Waals surface area contributed by atoms with Gasteiger partial charge in [-0.2, -0.15) is 0 Å². The van der Waals surface area contributed by atoms with Crippen LogP contribution >= 0.6 is 0 Å². The van der Waals surface area contributed by atoms with Crippen LogP contribution in [0.25, 0.3) is 16.7 Å². The third-order valence-electron chi connectivity index (χ3n) is 4.27. The summed E-state index contributed by atoms with van der Waals surface area (Å²) in [5.74, 6) is -2.30. The summed E-state index contributed by atoms with van der Waals surface area (Å²) in [4.78, 5) is 36.6. The van der Waals surface area contributed by atoms with Crippen molar-refractivity contribution >= 4 is 34.5 Å². The molecule has 0 atom stereocenters. The standard InChI is InChI=1S/C23H21NO6/c1-23(2,3)30-22(29)24-13-17(14-8-6-7-11-18(14)24)20(26)12-19(25)15-9-4-5-10-16(15)21(27)28/h4-13,26H,1-3H3,(H,27,28)/b20-12+. The van der Waals surface area contributed by atoms with Gasteiger partial charge in [0.15, 0.2) is 5.78 Å². The van der Waals surface area contributed by atoms with Crippen molar-refractivity contribution in [2.24, 2.45) is 0 Å². The van der Waals surface area contributed by atoms with Crippen molar-refractivity contribution in [3.8, 4) is 0 Å². The summed E-state index contributed by atoms with van der Waals surface area (Å²) in [6, 6.07) is 12.6. The topological polar surface area (TPSA) is 106 Å². The molecule has 0 saturated carbocycles. The van der Waals surface area contributed by atoms with Crippen LogP contribution in [0.2, 0.25) is 0 Å². The molecule has 0 radical (unpaired) electrons. The number of aromatic carboxylic acids is 1. The summed E-state index contributed by atoms with van der Waals surface area (Å²) >= 11 is 0. The highest BCUT2D eigenvalue weighted by Gasteiger charge is 2.22. The van der Waals surface area contributed by atoms with Crippen LogP contribution in [-0.2, 0) is 4.74 Å². The minimum atomic E-state index is -1.24. The number of carbonyl (C=O) groups excluding carboxylic acids is 2. The molecule has 30 heavy (non-hydrogen) atoms. The molecule has 0 unspecified atom stereocenters. The maximum Gasteiger partial charge on any atom is 0.419 e. The molecule has 0 fully saturated rings. The molecule has 1 heterocycles. The molecule has 1 aromatic heterocycles. The maximum absolute atomic E-state index is 12.6. The highest BCUT2D eigenvalue weighted by atomic mass is 16.6. The number of aliphatic hydroxyl groups excluding tert-OH is 1. The number of fused-ring (bicyclic) bond motifs is 1. The summed E-state index contributed by atoms with van der Waals surface area (Å²) in [5, 5.41) is 20.4. The molecule has 7 nitrogen and oxygen atoms in total. The molecule has 0 aliphatic carbocycles. The molecule has 2 aromatic carbocycles. The van der Waals surface area contributed by atoms with Gasteiger partial charge < -0.3 is 14.9 Å². The van der Waals surface area contributed by atoms with E-state index in [0.717, 1.165) is 6.08 Å². The summed E-state index contributed by atoms with van der Waals surface area (Å²) in [6.45, 7) is 5.23. The maximum atomic E-state index is 12.6. The Labute approximate surface area is 172 Å². The number of ketones is 1. The molecule has 0 amide bonds. The van der Waals surface area contributed by atoms with Crippen LogP contribution in [0.4, 0.5) is 4.79 Å². The van der Waals surface area contributed by atoms with Gasteiger partial charge in [-0.15, -0.1) is 0 Å². The van der Waals surface area contributed by atoms with Gasteiger partial charge in [0.1, 0.15) is 11.4 Å². The number of hydrogen-bond acceptors (Lipinski definition) is 5. The summed E-state index contributed by atoms with van der Waals surface area (Å²) in [5.41, 5.74) is -0.176. The van der Waals surface area contributed by atoms with Gasteiger partial charge in [-0.1, -0.05) is 36.4 Å². The van der Waals surface area contributed by atoms with Gasteiger partial charge in [-0.25, -0.2) is 9.59 Å². The van der Waals surface area contributed by atoms with Crippen molar-refractivity contribution in [2.75, 3.05) is 0 Å². The molecule has 7 heteroatoms. The van der Waals surface area contributed by atoms with Gasteiger partial charge >= 0.3 is 12.1 Å². The number of nitrogens with zero attached hydrogens (tertiary/aromatic N) is 1. The first-order valence-corrected chi connectivity index (χ1v) is 9.19. The molecule has 3 rings (SSSR count). The highest BCUT2D eigenvalue weighted by molar-refractivity contribution is 6.14. The fourth-order valence-electron chi connectivity index (χ4n) is 3.01. The van der Waals surface area contributed by atoms with Crippen molar-refractivity contribution in [3.63, 3.8) is 0 Å². The lowest BCUT2D eigenvalue weighted by atomic mass is 10.0. The normalized spacial score (nSPS) is 12.0. The minimum absolute atomic E-state index is 0.0487. The zero-order valence-corrected chi connectivity index (χ0v) is 16.7. The fraction of sp³-hybridized carbons (Fsp3) is 0.174. The van der Waals surface area contributed by atoms with Crippen LogP contribution in [0.3, 0.4) is 0 Å². The first-order valence-electron chi connectivity index (χ1n) is 9.19. The predicted molar refractivity (Wildman–Crippen MR) is 112 cm³/mol. The largest absolute Gasteiger partial charge is 0.507 e. The number of ether oxygens (including phenoxy) is 1. The second-order valence-electron chi connectivity index (χ2n) is 7.65. The average molecular weight is 407 g/mol. The van der Waals surface area contributed by atoms with Crippen LogP contribution in [-0.4, -0.2) is 38.2 Å². The number of aliphatic hydroxyl groups is 1. The quantitative estimate of drug-likeness (QED) is 0.362. The van der Waals surface area contributed by atoms with Gasteiger partial charge in [-0.3, -0.25) is 9.36 Å². The number of carboxylic acid groups (broad SMARTS) is 1. The molecule has 0 bridgehead atoms. The smallest absolute Gasteiger partial charge is 0.419 e. The molecule has 0 saturated heterocycles. The monoisotopic (exact) mass is 407 g/mol. The third-order valence-corrected chi connectivity index (χ3v) is 4.27. The first-order chi connectivity index (χ1) is 14.1. The van der Waals surface area contributed by atoms with E-state index in [9.17, 15) is 24.6 Å². The molecule has 154 valence electrons. The minimum Gasteiger partial charge on any atom is -0.507 e. The van der Waals surface area contributed by atoms with E-state index in [2.05, 4.69) is 0 Å². The van der Waals surface area contributed by atoms with Crippen LogP contribution in [0.1, 0.15) is 47.1 Å². The molecular formula is C23H21NO6. The second kappa shape index (κ2) is 7.87. The van der Waals surface area contributed by atoms with Gasteiger partial charge in [0.2, 0.25) is 0 Å².